The summed E-state index contributed by atoms with van der Waals surface area (Å²) >= 11 is 2.46. The summed E-state index contributed by atoms with van der Waals surface area (Å²) in [6, 6.07) is 10.4. The summed E-state index contributed by atoms with van der Waals surface area (Å²) in [6.07, 6.45) is 0. The van der Waals surface area contributed by atoms with Gasteiger partial charge in [-0.2, -0.15) is 0 Å². The van der Waals surface area contributed by atoms with Gasteiger partial charge in [-0.15, -0.1) is 11.3 Å². The topological polar surface area (TPSA) is 24.9 Å². The smallest absolute Gasteiger partial charge is 0.156 e. The monoisotopic (exact) mass is 322 g/mol. The zero-order chi connectivity index (χ0) is 14.8. The van der Waals surface area contributed by atoms with Crippen LogP contribution in [0.3, 0.4) is 0 Å². The molecule has 0 radical (unpaired) electrons. The molecule has 0 fully saturated rings. The van der Waals surface area contributed by atoms with E-state index in [1.807, 2.05) is 24.3 Å². The van der Waals surface area contributed by atoms with Crippen LogP contribution in [0.15, 0.2) is 45.6 Å². The number of benzene rings is 2. The van der Waals surface area contributed by atoms with Gasteiger partial charge in [-0.05, 0) is 36.9 Å². The zero-order valence-electron chi connectivity index (χ0n) is 11.2. The van der Waals surface area contributed by atoms with Crippen LogP contribution < -0.4 is 5.32 Å². The first-order chi connectivity index (χ1) is 10.2. The summed E-state index contributed by atoms with van der Waals surface area (Å²) in [6.45, 7) is 0.430. The Labute approximate surface area is 129 Å². The molecule has 2 aromatic carbocycles. The van der Waals surface area contributed by atoms with Gasteiger partial charge in [0.15, 0.2) is 4.34 Å². The third-order valence-electron chi connectivity index (χ3n) is 2.90. The highest BCUT2D eigenvalue weighted by Crippen LogP contribution is 2.37. The lowest BCUT2D eigenvalue weighted by Crippen LogP contribution is -2.06. The standard InChI is InChI=1S/C15H12F2N2S2/c1-18-8-9-6-10(16)14(11(17)7-9)21-15-19-12-4-2-3-5-13(12)20-15/h2-7,18H,8H2,1H3. The fourth-order valence-electron chi connectivity index (χ4n) is 2.00. The Balaban J connectivity index is 1.93. The van der Waals surface area contributed by atoms with Crippen molar-refractivity contribution in [3.8, 4) is 0 Å². The molecule has 1 heterocycles. The largest absolute Gasteiger partial charge is 0.316 e. The molecule has 0 spiro atoms. The molecule has 3 rings (SSSR count). The highest BCUT2D eigenvalue weighted by Gasteiger charge is 2.15. The number of nitrogens with zero attached hydrogens (tertiary/aromatic N) is 1. The van der Waals surface area contributed by atoms with Crippen LogP contribution in [-0.2, 0) is 6.54 Å². The quantitative estimate of drug-likeness (QED) is 0.768. The molecule has 2 nitrogen and oxygen atoms in total. The second-order valence-corrected chi connectivity index (χ2v) is 6.76. The fraction of sp³-hybridized carbons (Fsp3) is 0.133. The van der Waals surface area contributed by atoms with Crippen LogP contribution in [0.25, 0.3) is 10.2 Å². The number of rotatable bonds is 4. The molecule has 0 bridgehead atoms. The molecule has 21 heavy (non-hydrogen) atoms. The lowest BCUT2D eigenvalue weighted by molar-refractivity contribution is 0.536. The van der Waals surface area contributed by atoms with Crippen LogP contribution in [0.4, 0.5) is 8.78 Å². The molecular weight excluding hydrogens is 310 g/mol. The number of hydrogen-bond donors (Lipinski definition) is 1. The van der Waals surface area contributed by atoms with Crippen molar-refractivity contribution in [1.82, 2.24) is 10.3 Å². The van der Waals surface area contributed by atoms with Crippen molar-refractivity contribution >= 4 is 33.3 Å². The third-order valence-corrected chi connectivity index (χ3v) is 5.09. The maximum atomic E-state index is 14.1. The van der Waals surface area contributed by atoms with Crippen molar-refractivity contribution in [1.29, 1.82) is 0 Å². The molecule has 0 aliphatic carbocycles. The normalized spacial score (nSPS) is 11.2. The van der Waals surface area contributed by atoms with Crippen LogP contribution in [0.2, 0.25) is 0 Å². The number of hydrogen-bond acceptors (Lipinski definition) is 4. The molecule has 108 valence electrons. The van der Waals surface area contributed by atoms with E-state index in [2.05, 4.69) is 10.3 Å². The number of nitrogens with one attached hydrogen (secondary N) is 1. The minimum absolute atomic E-state index is 0.00564. The number of para-hydroxylation sites is 1. The van der Waals surface area contributed by atoms with E-state index in [9.17, 15) is 8.78 Å². The molecule has 1 aromatic heterocycles. The first kappa shape index (κ1) is 14.4. The van der Waals surface area contributed by atoms with Gasteiger partial charge in [0.1, 0.15) is 11.6 Å². The van der Waals surface area contributed by atoms with E-state index in [1.165, 1.54) is 23.5 Å². The Hall–Kier alpha value is -1.50. The van der Waals surface area contributed by atoms with E-state index in [4.69, 9.17) is 0 Å². The van der Waals surface area contributed by atoms with Crippen molar-refractivity contribution in [2.45, 2.75) is 15.8 Å². The van der Waals surface area contributed by atoms with E-state index in [0.29, 0.717) is 16.4 Å². The maximum Gasteiger partial charge on any atom is 0.156 e. The first-order valence-corrected chi connectivity index (χ1v) is 7.96. The molecule has 6 heteroatoms. The summed E-state index contributed by atoms with van der Waals surface area (Å²) in [5, 5.41) is 2.87. The minimum Gasteiger partial charge on any atom is -0.316 e. The Morgan fingerprint density at radius 1 is 1.19 bits per heavy atom. The Kier molecular flexibility index (Phi) is 4.19. The molecule has 0 aliphatic rings. The number of thiazole rings is 1. The molecule has 3 aromatic rings. The molecule has 0 atom stereocenters. The van der Waals surface area contributed by atoms with Gasteiger partial charge in [0.2, 0.25) is 0 Å². The van der Waals surface area contributed by atoms with Gasteiger partial charge >= 0.3 is 0 Å². The van der Waals surface area contributed by atoms with Gasteiger partial charge in [-0.3, -0.25) is 0 Å². The molecule has 0 saturated carbocycles. The second kappa shape index (κ2) is 6.09. The molecular formula is C15H12F2N2S2. The molecule has 0 saturated heterocycles. The van der Waals surface area contributed by atoms with Crippen molar-refractivity contribution in [3.63, 3.8) is 0 Å². The van der Waals surface area contributed by atoms with Crippen molar-refractivity contribution in [2.24, 2.45) is 0 Å². The van der Waals surface area contributed by atoms with Gasteiger partial charge in [0.25, 0.3) is 0 Å². The summed E-state index contributed by atoms with van der Waals surface area (Å²) in [5.74, 6) is -1.10. The second-order valence-electron chi connectivity index (χ2n) is 4.47. The summed E-state index contributed by atoms with van der Waals surface area (Å²) in [5.41, 5.74) is 1.43. The van der Waals surface area contributed by atoms with Crippen LogP contribution in [0, 0.1) is 11.6 Å². The first-order valence-electron chi connectivity index (χ1n) is 6.33. The third kappa shape index (κ3) is 3.07. The predicted molar refractivity (Wildman–Crippen MR) is 82.9 cm³/mol. The van der Waals surface area contributed by atoms with E-state index < -0.39 is 11.6 Å². The fourth-order valence-corrected chi connectivity index (χ4v) is 4.01. The van der Waals surface area contributed by atoms with Gasteiger partial charge in [0, 0.05) is 6.54 Å². The number of halogens is 2. The highest BCUT2D eigenvalue weighted by molar-refractivity contribution is 8.01. The zero-order valence-corrected chi connectivity index (χ0v) is 12.8. The Bertz CT molecular complexity index is 730. The van der Waals surface area contributed by atoms with Crippen LogP contribution >= 0.6 is 23.1 Å². The van der Waals surface area contributed by atoms with Gasteiger partial charge in [-0.1, -0.05) is 23.9 Å². The molecule has 0 unspecified atom stereocenters. The van der Waals surface area contributed by atoms with Gasteiger partial charge < -0.3 is 5.32 Å². The summed E-state index contributed by atoms with van der Waals surface area (Å²) < 4.78 is 29.8. The van der Waals surface area contributed by atoms with E-state index in [-0.39, 0.29) is 4.90 Å². The van der Waals surface area contributed by atoms with E-state index >= 15 is 0 Å². The lowest BCUT2D eigenvalue weighted by atomic mass is 10.2. The molecule has 0 amide bonds. The Morgan fingerprint density at radius 2 is 1.90 bits per heavy atom. The van der Waals surface area contributed by atoms with E-state index in [1.54, 1.807) is 7.05 Å². The van der Waals surface area contributed by atoms with Gasteiger partial charge in [-0.25, -0.2) is 13.8 Å². The van der Waals surface area contributed by atoms with Gasteiger partial charge in [0.05, 0.1) is 15.1 Å². The van der Waals surface area contributed by atoms with Crippen LogP contribution in [0.5, 0.6) is 0 Å². The van der Waals surface area contributed by atoms with Crippen molar-refractivity contribution in [3.05, 3.63) is 53.6 Å². The predicted octanol–water partition coefficient (Wildman–Crippen LogP) is 4.45. The van der Waals surface area contributed by atoms with Crippen LogP contribution in [0.1, 0.15) is 5.56 Å². The maximum absolute atomic E-state index is 14.1. The minimum atomic E-state index is -0.551. The average molecular weight is 322 g/mol. The average Bonchev–Trinajstić information content (AvgIpc) is 2.86. The number of aromatic nitrogens is 1. The SMILES string of the molecule is CNCc1cc(F)c(Sc2nc3ccccc3s2)c(F)c1. The molecule has 1 N–H and O–H groups in total. The highest BCUT2D eigenvalue weighted by atomic mass is 32.2. The van der Waals surface area contributed by atoms with Crippen molar-refractivity contribution in [2.75, 3.05) is 7.05 Å². The number of fused-ring (bicyclic) bond motifs is 1. The van der Waals surface area contributed by atoms with E-state index in [0.717, 1.165) is 22.0 Å². The summed E-state index contributed by atoms with van der Waals surface area (Å²) in [7, 11) is 1.74. The molecule has 0 aliphatic heterocycles. The van der Waals surface area contributed by atoms with Crippen LogP contribution in [-0.4, -0.2) is 12.0 Å². The summed E-state index contributed by atoms with van der Waals surface area (Å²) in [4.78, 5) is 4.38. The lowest BCUT2D eigenvalue weighted by Gasteiger charge is -2.06. The Morgan fingerprint density at radius 3 is 2.57 bits per heavy atom. The van der Waals surface area contributed by atoms with Crippen molar-refractivity contribution < 1.29 is 8.78 Å².